The molecule has 0 aliphatic rings. The molecule has 13 heavy (non-hydrogen) atoms. The molecule has 1 atom stereocenters. The minimum Gasteiger partial charge on any atom is -0.247 e. The molecule has 0 aliphatic carbocycles. The number of hydrogen-bond donors (Lipinski definition) is 0. The van der Waals surface area contributed by atoms with Crippen molar-refractivity contribution in [2.45, 2.75) is 31.6 Å². The zero-order valence-corrected chi connectivity index (χ0v) is 6.54. The van der Waals surface area contributed by atoms with Crippen molar-refractivity contribution in [2.75, 3.05) is 0 Å². The lowest BCUT2D eigenvalue weighted by molar-refractivity contribution is -0.146. The fourth-order valence-electron chi connectivity index (χ4n) is 0.726. The van der Waals surface area contributed by atoms with Gasteiger partial charge in [-0.25, -0.2) is 4.39 Å². The molecular weight excluding hydrogens is 198 g/mol. The van der Waals surface area contributed by atoms with Gasteiger partial charge in [0, 0.05) is 0 Å². The van der Waals surface area contributed by atoms with Crippen molar-refractivity contribution in [3.05, 3.63) is 12.2 Å². The van der Waals surface area contributed by atoms with Gasteiger partial charge in [-0.2, -0.15) is 22.0 Å². The highest BCUT2D eigenvalue weighted by atomic mass is 19.4. The summed E-state index contributed by atoms with van der Waals surface area (Å²) in [6.07, 6.45) is -10.7. The Balaban J connectivity index is 3.64. The molecule has 0 fully saturated rings. The van der Waals surface area contributed by atoms with E-state index >= 15 is 0 Å². The summed E-state index contributed by atoms with van der Waals surface area (Å²) >= 11 is 0. The van der Waals surface area contributed by atoms with E-state index in [0.29, 0.717) is 6.08 Å². The van der Waals surface area contributed by atoms with Gasteiger partial charge in [0.05, 0.1) is 6.42 Å². The van der Waals surface area contributed by atoms with E-state index in [9.17, 15) is 26.3 Å². The van der Waals surface area contributed by atoms with E-state index in [1.54, 1.807) is 0 Å². The van der Waals surface area contributed by atoms with E-state index < -0.39 is 31.3 Å². The van der Waals surface area contributed by atoms with E-state index in [1.165, 1.54) is 0 Å². The molecule has 0 saturated heterocycles. The molecule has 0 aromatic carbocycles. The summed E-state index contributed by atoms with van der Waals surface area (Å²) in [7, 11) is 0. The first-order valence-electron chi connectivity index (χ1n) is 3.53. The molecule has 0 rings (SSSR count). The van der Waals surface area contributed by atoms with Crippen LogP contribution in [0.3, 0.4) is 0 Å². The average Bonchev–Trinajstić information content (AvgIpc) is 1.81. The van der Waals surface area contributed by atoms with Crippen molar-refractivity contribution >= 4 is 0 Å². The van der Waals surface area contributed by atoms with Crippen LogP contribution in [0.25, 0.3) is 0 Å². The first kappa shape index (κ1) is 12.3. The average molecular weight is 206 g/mol. The van der Waals surface area contributed by atoms with E-state index in [1.807, 2.05) is 0 Å². The summed E-state index contributed by atoms with van der Waals surface area (Å²) < 4.78 is 69.5. The highest BCUT2D eigenvalue weighted by Gasteiger charge is 2.31. The van der Waals surface area contributed by atoms with E-state index in [2.05, 4.69) is 0 Å². The molecule has 0 amide bonds. The Morgan fingerprint density at radius 3 is 2.15 bits per heavy atom. The van der Waals surface area contributed by atoms with Gasteiger partial charge in [-0.15, -0.1) is 0 Å². The Labute approximate surface area is 71.2 Å². The molecule has 0 radical (unpaired) electrons. The van der Waals surface area contributed by atoms with Crippen LogP contribution in [0.4, 0.5) is 26.3 Å². The van der Waals surface area contributed by atoms with Gasteiger partial charge in [0.15, 0.2) is 0 Å². The van der Waals surface area contributed by atoms with Crippen molar-refractivity contribution < 1.29 is 26.3 Å². The second kappa shape index (κ2) is 5.14. The molecule has 0 bridgehead atoms. The monoisotopic (exact) mass is 206 g/mol. The fourth-order valence-corrected chi connectivity index (χ4v) is 0.726. The summed E-state index contributed by atoms with van der Waals surface area (Å²) in [5, 5.41) is 0. The highest BCUT2D eigenvalue weighted by molar-refractivity contribution is 4.81. The predicted molar refractivity (Wildman–Crippen MR) is 35.1 cm³/mol. The second-order valence-electron chi connectivity index (χ2n) is 2.49. The first-order valence-corrected chi connectivity index (χ1v) is 3.53. The maximum atomic E-state index is 12.4. The van der Waals surface area contributed by atoms with Crippen LogP contribution in [0.1, 0.15) is 19.3 Å². The third-order valence-electron chi connectivity index (χ3n) is 1.23. The lowest BCUT2D eigenvalue weighted by Crippen LogP contribution is -2.15. The smallest absolute Gasteiger partial charge is 0.247 e. The summed E-state index contributed by atoms with van der Waals surface area (Å²) in [5.41, 5.74) is 0. The van der Waals surface area contributed by atoms with Gasteiger partial charge in [0.2, 0.25) is 0 Å². The van der Waals surface area contributed by atoms with E-state index in [4.69, 9.17) is 0 Å². The van der Waals surface area contributed by atoms with Crippen LogP contribution in [-0.4, -0.2) is 12.3 Å². The Bertz CT molecular complexity index is 166. The molecule has 1 unspecified atom stereocenters. The molecule has 0 saturated carbocycles. The van der Waals surface area contributed by atoms with Gasteiger partial charge in [-0.05, 0) is 18.9 Å². The molecule has 78 valence electrons. The van der Waals surface area contributed by atoms with Crippen LogP contribution >= 0.6 is 0 Å². The van der Waals surface area contributed by atoms with Crippen molar-refractivity contribution in [1.82, 2.24) is 0 Å². The second-order valence-corrected chi connectivity index (χ2v) is 2.49. The van der Waals surface area contributed by atoms with Crippen LogP contribution in [0.5, 0.6) is 0 Å². The molecule has 0 N–H and O–H groups in total. The summed E-state index contributed by atoms with van der Waals surface area (Å²) in [4.78, 5) is 0. The third kappa shape index (κ3) is 9.23. The summed E-state index contributed by atoms with van der Waals surface area (Å²) in [6, 6.07) is 0. The van der Waals surface area contributed by atoms with Gasteiger partial charge in [-0.3, -0.25) is 0 Å². The maximum Gasteiger partial charge on any atom is 0.391 e. The van der Waals surface area contributed by atoms with Gasteiger partial charge in [-0.1, -0.05) is 0 Å². The Hall–Kier alpha value is -0.680. The quantitative estimate of drug-likeness (QED) is 0.613. The Morgan fingerprint density at radius 2 is 1.77 bits per heavy atom. The van der Waals surface area contributed by atoms with Crippen molar-refractivity contribution in [3.8, 4) is 0 Å². The Morgan fingerprint density at radius 1 is 1.23 bits per heavy atom. The van der Waals surface area contributed by atoms with Gasteiger partial charge >= 0.3 is 6.18 Å². The van der Waals surface area contributed by atoms with E-state index in [0.717, 1.165) is 0 Å². The largest absolute Gasteiger partial charge is 0.391 e. The molecule has 6 heteroatoms. The van der Waals surface area contributed by atoms with Crippen molar-refractivity contribution in [3.63, 3.8) is 0 Å². The highest BCUT2D eigenvalue weighted by Crippen LogP contribution is 2.25. The number of hydrogen-bond acceptors (Lipinski definition) is 0. The topological polar surface area (TPSA) is 0 Å². The minimum absolute atomic E-state index is 0.375. The number of allylic oxidation sites excluding steroid dienone is 1. The summed E-state index contributed by atoms with van der Waals surface area (Å²) in [5.74, 6) is 0. The van der Waals surface area contributed by atoms with Gasteiger partial charge in [0.1, 0.15) is 6.17 Å². The molecule has 0 aromatic rings. The number of alkyl halides is 4. The molecule has 0 spiro atoms. The molecule has 0 nitrogen and oxygen atoms in total. The van der Waals surface area contributed by atoms with Gasteiger partial charge < -0.3 is 0 Å². The SMILES string of the molecule is FC(F)=CCCC(F)CC(F)(F)F. The number of halogens is 6. The predicted octanol–water partition coefficient (Wildman–Crippen LogP) is 3.84. The van der Waals surface area contributed by atoms with Crippen LogP contribution in [0, 0.1) is 0 Å². The fraction of sp³-hybridized carbons (Fsp3) is 0.714. The molecule has 0 heterocycles. The van der Waals surface area contributed by atoms with Crippen LogP contribution in [0.15, 0.2) is 12.2 Å². The van der Waals surface area contributed by atoms with E-state index in [-0.39, 0.29) is 6.42 Å². The van der Waals surface area contributed by atoms with Gasteiger partial charge in [0.25, 0.3) is 6.08 Å². The lowest BCUT2D eigenvalue weighted by atomic mass is 10.1. The van der Waals surface area contributed by atoms with Crippen LogP contribution in [0.2, 0.25) is 0 Å². The minimum atomic E-state index is -4.57. The third-order valence-corrected chi connectivity index (χ3v) is 1.23. The normalized spacial score (nSPS) is 14.0. The maximum absolute atomic E-state index is 12.4. The zero-order valence-electron chi connectivity index (χ0n) is 6.54. The molecular formula is C7H8F6. The number of rotatable bonds is 4. The first-order chi connectivity index (χ1) is 5.81. The molecule has 0 aliphatic heterocycles. The van der Waals surface area contributed by atoms with Crippen molar-refractivity contribution in [2.24, 2.45) is 0 Å². The summed E-state index contributed by atoms with van der Waals surface area (Å²) in [6.45, 7) is 0. The molecule has 0 aromatic heterocycles. The lowest BCUT2D eigenvalue weighted by Gasteiger charge is -2.09. The van der Waals surface area contributed by atoms with Crippen molar-refractivity contribution in [1.29, 1.82) is 0 Å². The Kier molecular flexibility index (Phi) is 4.87. The zero-order chi connectivity index (χ0) is 10.5. The van der Waals surface area contributed by atoms with Crippen LogP contribution < -0.4 is 0 Å². The standard InChI is InChI=1S/C7H8F6/c8-5(4-7(11,12)13)2-1-3-6(9)10/h3,5H,1-2,4H2. The van der Waals surface area contributed by atoms with Crippen LogP contribution in [-0.2, 0) is 0 Å².